The predicted molar refractivity (Wildman–Crippen MR) is 71.1 cm³/mol. The van der Waals surface area contributed by atoms with Crippen molar-refractivity contribution >= 4 is 0 Å². The topological polar surface area (TPSA) is 35.2 Å². The first kappa shape index (κ1) is 12.6. The van der Waals surface area contributed by atoms with Gasteiger partial charge >= 0.3 is 0 Å². The Bertz CT molecular complexity index is 368. The van der Waals surface area contributed by atoms with Crippen molar-refractivity contribution < 1.29 is 4.74 Å². The van der Waals surface area contributed by atoms with E-state index in [2.05, 4.69) is 39.0 Å². The van der Waals surface area contributed by atoms with Crippen LogP contribution in [0, 0.1) is 19.8 Å². The summed E-state index contributed by atoms with van der Waals surface area (Å²) in [6.45, 7) is 7.30. The molecule has 1 aliphatic heterocycles. The fraction of sp³-hybridized carbons (Fsp3) is 0.600. The molecule has 1 heterocycles. The average Bonchev–Trinajstić information content (AvgIpc) is 2.70. The van der Waals surface area contributed by atoms with Crippen molar-refractivity contribution in [3.05, 3.63) is 34.9 Å². The van der Waals surface area contributed by atoms with Gasteiger partial charge in [0, 0.05) is 12.0 Å². The first-order valence-electron chi connectivity index (χ1n) is 6.50. The van der Waals surface area contributed by atoms with Gasteiger partial charge in [-0.05, 0) is 50.3 Å². The zero-order valence-electron chi connectivity index (χ0n) is 11.1. The summed E-state index contributed by atoms with van der Waals surface area (Å²) in [6, 6.07) is 6.67. The van der Waals surface area contributed by atoms with E-state index in [1.54, 1.807) is 0 Å². The molecule has 1 aromatic rings. The van der Waals surface area contributed by atoms with Gasteiger partial charge in [0.05, 0.1) is 12.7 Å². The van der Waals surface area contributed by atoms with E-state index in [1.165, 1.54) is 16.7 Å². The molecular weight excluding hydrogens is 210 g/mol. The second-order valence-electron chi connectivity index (χ2n) is 5.38. The van der Waals surface area contributed by atoms with Crippen molar-refractivity contribution in [3.63, 3.8) is 0 Å². The van der Waals surface area contributed by atoms with E-state index in [-0.39, 0.29) is 6.04 Å². The lowest BCUT2D eigenvalue weighted by Crippen LogP contribution is -2.33. The lowest BCUT2D eigenvalue weighted by molar-refractivity contribution is 0.118. The number of nitrogens with two attached hydrogens (primary N) is 1. The second kappa shape index (κ2) is 5.19. The molecule has 3 unspecified atom stereocenters. The number of aryl methyl sites for hydroxylation is 2. The first-order chi connectivity index (χ1) is 8.08. The maximum Gasteiger partial charge on any atom is 0.0551 e. The molecule has 1 aromatic carbocycles. The molecule has 2 N–H and O–H groups in total. The van der Waals surface area contributed by atoms with Crippen LogP contribution >= 0.6 is 0 Å². The average molecular weight is 233 g/mol. The lowest BCUT2D eigenvalue weighted by atomic mass is 9.89. The summed E-state index contributed by atoms with van der Waals surface area (Å²) < 4.78 is 5.60. The summed E-state index contributed by atoms with van der Waals surface area (Å²) in [7, 11) is 0. The second-order valence-corrected chi connectivity index (χ2v) is 5.38. The first-order valence-corrected chi connectivity index (χ1v) is 6.50. The summed E-state index contributed by atoms with van der Waals surface area (Å²) in [4.78, 5) is 0. The smallest absolute Gasteiger partial charge is 0.0551 e. The Morgan fingerprint density at radius 3 is 2.53 bits per heavy atom. The normalized spacial score (nSPS) is 26.1. The number of rotatable bonds is 3. The molecule has 0 amide bonds. The van der Waals surface area contributed by atoms with Gasteiger partial charge in [-0.2, -0.15) is 0 Å². The molecule has 2 rings (SSSR count). The van der Waals surface area contributed by atoms with E-state index in [9.17, 15) is 0 Å². The zero-order chi connectivity index (χ0) is 12.4. The number of benzene rings is 1. The van der Waals surface area contributed by atoms with Crippen molar-refractivity contribution in [2.75, 3.05) is 6.61 Å². The van der Waals surface area contributed by atoms with Gasteiger partial charge in [0.1, 0.15) is 0 Å². The molecule has 0 aliphatic carbocycles. The molecule has 3 atom stereocenters. The minimum Gasteiger partial charge on any atom is -0.378 e. The zero-order valence-corrected chi connectivity index (χ0v) is 11.1. The fourth-order valence-electron chi connectivity index (χ4n) is 2.72. The Morgan fingerprint density at radius 1 is 1.35 bits per heavy atom. The highest BCUT2D eigenvalue weighted by molar-refractivity contribution is 5.34. The summed E-state index contributed by atoms with van der Waals surface area (Å²) >= 11 is 0. The van der Waals surface area contributed by atoms with Gasteiger partial charge in [-0.15, -0.1) is 0 Å². The van der Waals surface area contributed by atoms with E-state index < -0.39 is 0 Å². The van der Waals surface area contributed by atoms with Crippen LogP contribution in [0.4, 0.5) is 0 Å². The third-order valence-electron chi connectivity index (χ3n) is 3.92. The van der Waals surface area contributed by atoms with Crippen molar-refractivity contribution in [1.29, 1.82) is 0 Å². The van der Waals surface area contributed by atoms with Crippen LogP contribution in [0.2, 0.25) is 0 Å². The minimum atomic E-state index is 0.222. The molecule has 2 nitrogen and oxygen atoms in total. The third kappa shape index (κ3) is 2.88. The summed E-state index contributed by atoms with van der Waals surface area (Å²) in [6.07, 6.45) is 2.45. The van der Waals surface area contributed by atoms with Gasteiger partial charge < -0.3 is 10.5 Å². The molecular formula is C15H23NO. The van der Waals surface area contributed by atoms with E-state index >= 15 is 0 Å². The standard InChI is InChI=1S/C15H23NO/c1-10-5-4-6-11(2)14(10)8-15(16)13-7-12(3)17-9-13/h4-6,12-13,15H,7-9,16H2,1-3H3. The Morgan fingerprint density at radius 2 is 2.00 bits per heavy atom. The highest BCUT2D eigenvalue weighted by atomic mass is 16.5. The van der Waals surface area contributed by atoms with Crippen molar-refractivity contribution in [1.82, 2.24) is 0 Å². The van der Waals surface area contributed by atoms with Crippen molar-refractivity contribution in [2.45, 2.75) is 45.8 Å². The summed E-state index contributed by atoms with van der Waals surface area (Å²) in [5.74, 6) is 0.518. The van der Waals surface area contributed by atoms with Crippen LogP contribution in [0.3, 0.4) is 0 Å². The minimum absolute atomic E-state index is 0.222. The van der Waals surface area contributed by atoms with E-state index in [1.807, 2.05) is 0 Å². The van der Waals surface area contributed by atoms with Gasteiger partial charge in [0.25, 0.3) is 0 Å². The Labute approximate surface area is 104 Å². The lowest BCUT2D eigenvalue weighted by Gasteiger charge is -2.20. The SMILES string of the molecule is Cc1cccc(C)c1CC(N)C1COC(C)C1. The fourth-order valence-corrected chi connectivity index (χ4v) is 2.72. The molecule has 1 saturated heterocycles. The van der Waals surface area contributed by atoms with Crippen LogP contribution in [0.15, 0.2) is 18.2 Å². The molecule has 0 bridgehead atoms. The molecule has 2 heteroatoms. The van der Waals surface area contributed by atoms with Gasteiger partial charge in [0.2, 0.25) is 0 Å². The van der Waals surface area contributed by atoms with Crippen molar-refractivity contribution in [3.8, 4) is 0 Å². The van der Waals surface area contributed by atoms with Gasteiger partial charge in [-0.3, -0.25) is 0 Å². The van der Waals surface area contributed by atoms with Crippen LogP contribution in [0.5, 0.6) is 0 Å². The van der Waals surface area contributed by atoms with Gasteiger partial charge in [-0.25, -0.2) is 0 Å². The maximum absolute atomic E-state index is 6.33. The van der Waals surface area contributed by atoms with Crippen molar-refractivity contribution in [2.24, 2.45) is 11.7 Å². The van der Waals surface area contributed by atoms with E-state index in [4.69, 9.17) is 10.5 Å². The molecule has 0 saturated carbocycles. The molecule has 17 heavy (non-hydrogen) atoms. The maximum atomic E-state index is 6.33. The quantitative estimate of drug-likeness (QED) is 0.871. The third-order valence-corrected chi connectivity index (χ3v) is 3.92. The largest absolute Gasteiger partial charge is 0.378 e. The molecule has 1 aliphatic rings. The van der Waals surface area contributed by atoms with Crippen LogP contribution in [-0.2, 0) is 11.2 Å². The van der Waals surface area contributed by atoms with Gasteiger partial charge in [0.15, 0.2) is 0 Å². The van der Waals surface area contributed by atoms with Crippen LogP contribution in [0.25, 0.3) is 0 Å². The Hall–Kier alpha value is -0.860. The number of ether oxygens (including phenoxy) is 1. The van der Waals surface area contributed by atoms with Gasteiger partial charge in [-0.1, -0.05) is 18.2 Å². The molecule has 0 aromatic heterocycles. The highest BCUT2D eigenvalue weighted by Crippen LogP contribution is 2.25. The Kier molecular flexibility index (Phi) is 3.85. The monoisotopic (exact) mass is 233 g/mol. The van der Waals surface area contributed by atoms with Crippen LogP contribution in [0.1, 0.15) is 30.0 Å². The summed E-state index contributed by atoms with van der Waals surface area (Å²) in [5, 5.41) is 0. The van der Waals surface area contributed by atoms with E-state index in [0.717, 1.165) is 19.4 Å². The molecule has 94 valence electrons. The van der Waals surface area contributed by atoms with Crippen LogP contribution < -0.4 is 5.73 Å². The van der Waals surface area contributed by atoms with E-state index in [0.29, 0.717) is 12.0 Å². The Balaban J connectivity index is 2.05. The number of hydrogen-bond acceptors (Lipinski definition) is 2. The summed E-state index contributed by atoms with van der Waals surface area (Å²) in [5.41, 5.74) is 10.5. The van der Waals surface area contributed by atoms with Crippen LogP contribution in [-0.4, -0.2) is 18.8 Å². The predicted octanol–water partition coefficient (Wildman–Crippen LogP) is 2.60. The molecule has 0 spiro atoms. The molecule has 1 fully saturated rings. The molecule has 0 radical (unpaired) electrons. The number of hydrogen-bond donors (Lipinski definition) is 1. The highest BCUT2D eigenvalue weighted by Gasteiger charge is 2.27.